The summed E-state index contributed by atoms with van der Waals surface area (Å²) in [5, 5.41) is 13.0. The van der Waals surface area contributed by atoms with Crippen LogP contribution in [-0.2, 0) is 10.0 Å². The summed E-state index contributed by atoms with van der Waals surface area (Å²) in [6, 6.07) is 22.9. The van der Waals surface area contributed by atoms with Crippen LogP contribution < -0.4 is 14.3 Å². The molecular formula is C26H27N3O4S. The average Bonchev–Trinajstić information content (AvgIpc) is 2.83. The molecule has 7 nitrogen and oxygen atoms in total. The molecule has 0 saturated heterocycles. The van der Waals surface area contributed by atoms with E-state index >= 15 is 0 Å². The third kappa shape index (κ3) is 6.83. The Morgan fingerprint density at radius 1 is 0.912 bits per heavy atom. The second-order valence-electron chi connectivity index (χ2n) is 7.92. The van der Waals surface area contributed by atoms with Gasteiger partial charge in [-0.15, -0.1) is 0 Å². The Bertz CT molecular complexity index is 1260. The molecule has 0 atom stereocenters. The third-order valence-corrected chi connectivity index (χ3v) is 6.14. The largest absolute Gasteiger partial charge is 0.490 e. The van der Waals surface area contributed by atoms with Crippen LogP contribution in [0.4, 0.5) is 0 Å². The second kappa shape index (κ2) is 11.3. The number of ether oxygens (including phenoxy) is 2. The Labute approximate surface area is 200 Å². The number of aryl methyl sites for hydroxylation is 1. The molecule has 0 unspecified atom stereocenters. The van der Waals surface area contributed by atoms with Gasteiger partial charge < -0.3 is 9.47 Å². The van der Waals surface area contributed by atoms with Crippen LogP contribution in [0, 0.1) is 24.2 Å². The first-order valence-corrected chi connectivity index (χ1v) is 12.3. The predicted octanol–water partition coefficient (Wildman–Crippen LogP) is 4.66. The van der Waals surface area contributed by atoms with Crippen LogP contribution in [0.1, 0.15) is 30.5 Å². The SMILES string of the molecule is Cc1ccc(S(=O)(=O)NN=C(c2ccc(OCCOc3ccc(C#N)cc3)cc2)C(C)C)cc1. The van der Waals surface area contributed by atoms with Crippen molar-refractivity contribution in [1.82, 2.24) is 4.83 Å². The van der Waals surface area contributed by atoms with Gasteiger partial charge in [0, 0.05) is 0 Å². The van der Waals surface area contributed by atoms with Crippen molar-refractivity contribution in [2.45, 2.75) is 25.7 Å². The lowest BCUT2D eigenvalue weighted by Gasteiger charge is -2.13. The molecule has 3 aromatic rings. The normalized spacial score (nSPS) is 11.7. The van der Waals surface area contributed by atoms with E-state index in [4.69, 9.17) is 14.7 Å². The fourth-order valence-corrected chi connectivity index (χ4v) is 3.89. The van der Waals surface area contributed by atoms with E-state index in [0.717, 1.165) is 11.1 Å². The first-order chi connectivity index (χ1) is 16.3. The van der Waals surface area contributed by atoms with Crippen molar-refractivity contribution in [1.29, 1.82) is 5.26 Å². The van der Waals surface area contributed by atoms with Crippen LogP contribution in [-0.4, -0.2) is 27.3 Å². The minimum Gasteiger partial charge on any atom is -0.490 e. The predicted molar refractivity (Wildman–Crippen MR) is 131 cm³/mol. The molecule has 0 bridgehead atoms. The molecule has 3 aromatic carbocycles. The Kier molecular flexibility index (Phi) is 8.28. The number of benzene rings is 3. The van der Waals surface area contributed by atoms with E-state index in [2.05, 4.69) is 16.0 Å². The molecule has 0 spiro atoms. The lowest BCUT2D eigenvalue weighted by Crippen LogP contribution is -2.22. The number of nitrogens with one attached hydrogen (secondary N) is 1. The van der Waals surface area contributed by atoms with Crippen LogP contribution in [0.25, 0.3) is 0 Å². The summed E-state index contributed by atoms with van der Waals surface area (Å²) in [5.74, 6) is 1.33. The van der Waals surface area contributed by atoms with Crippen molar-refractivity contribution < 1.29 is 17.9 Å². The maximum absolute atomic E-state index is 12.6. The van der Waals surface area contributed by atoms with Crippen LogP contribution in [0.3, 0.4) is 0 Å². The van der Waals surface area contributed by atoms with Crippen LogP contribution >= 0.6 is 0 Å². The zero-order valence-corrected chi connectivity index (χ0v) is 20.2. The third-order valence-electron chi connectivity index (χ3n) is 4.92. The molecule has 0 radical (unpaired) electrons. The molecule has 34 heavy (non-hydrogen) atoms. The summed E-state index contributed by atoms with van der Waals surface area (Å²) in [5.41, 5.74) is 2.97. The molecule has 8 heteroatoms. The highest BCUT2D eigenvalue weighted by molar-refractivity contribution is 7.89. The van der Waals surface area contributed by atoms with Crippen molar-refractivity contribution >= 4 is 15.7 Å². The summed E-state index contributed by atoms with van der Waals surface area (Å²) in [6.45, 7) is 6.50. The molecular weight excluding hydrogens is 450 g/mol. The topological polar surface area (TPSA) is 101 Å². The van der Waals surface area contributed by atoms with Crippen molar-refractivity contribution in [3.05, 3.63) is 89.5 Å². The van der Waals surface area contributed by atoms with Crippen molar-refractivity contribution in [3.63, 3.8) is 0 Å². The van der Waals surface area contributed by atoms with Gasteiger partial charge in [-0.25, -0.2) is 0 Å². The van der Waals surface area contributed by atoms with E-state index in [1.165, 1.54) is 0 Å². The van der Waals surface area contributed by atoms with Crippen LogP contribution in [0.15, 0.2) is 82.8 Å². The monoisotopic (exact) mass is 477 g/mol. The lowest BCUT2D eigenvalue weighted by atomic mass is 10.0. The highest BCUT2D eigenvalue weighted by Gasteiger charge is 2.15. The molecule has 0 saturated carbocycles. The van der Waals surface area contributed by atoms with Crippen molar-refractivity contribution in [2.75, 3.05) is 13.2 Å². The number of hydrogen-bond donors (Lipinski definition) is 1. The van der Waals surface area contributed by atoms with Crippen molar-refractivity contribution in [2.24, 2.45) is 11.0 Å². The Morgan fingerprint density at radius 3 is 1.94 bits per heavy atom. The number of nitriles is 1. The molecule has 0 heterocycles. The Hall–Kier alpha value is -3.83. The first-order valence-electron chi connectivity index (χ1n) is 10.8. The second-order valence-corrected chi connectivity index (χ2v) is 9.58. The molecule has 0 amide bonds. The summed E-state index contributed by atoms with van der Waals surface area (Å²) in [6.07, 6.45) is 0. The molecule has 0 aliphatic carbocycles. The fourth-order valence-electron chi connectivity index (χ4n) is 3.07. The van der Waals surface area contributed by atoms with Gasteiger partial charge in [0.05, 0.1) is 22.2 Å². The van der Waals surface area contributed by atoms with Crippen LogP contribution in [0.5, 0.6) is 11.5 Å². The van der Waals surface area contributed by atoms with E-state index in [-0.39, 0.29) is 10.8 Å². The van der Waals surface area contributed by atoms with Gasteiger partial charge in [0.15, 0.2) is 0 Å². The summed E-state index contributed by atoms with van der Waals surface area (Å²) in [7, 11) is -3.76. The van der Waals surface area contributed by atoms with E-state index < -0.39 is 10.0 Å². The summed E-state index contributed by atoms with van der Waals surface area (Å²) in [4.78, 5) is 2.51. The van der Waals surface area contributed by atoms with E-state index in [1.54, 1.807) is 48.5 Å². The highest BCUT2D eigenvalue weighted by Crippen LogP contribution is 2.17. The van der Waals surface area contributed by atoms with Gasteiger partial charge in [-0.05, 0) is 79.1 Å². The quantitative estimate of drug-likeness (QED) is 0.260. The molecule has 1 N–H and O–H groups in total. The number of rotatable bonds is 10. The lowest BCUT2D eigenvalue weighted by molar-refractivity contribution is 0.217. The van der Waals surface area contributed by atoms with E-state index in [0.29, 0.717) is 36.0 Å². The zero-order chi connectivity index (χ0) is 24.6. The molecule has 176 valence electrons. The molecule has 0 fully saturated rings. The van der Waals surface area contributed by atoms with Gasteiger partial charge in [0.25, 0.3) is 10.0 Å². The van der Waals surface area contributed by atoms with Crippen LogP contribution in [0.2, 0.25) is 0 Å². The average molecular weight is 478 g/mol. The maximum Gasteiger partial charge on any atom is 0.276 e. The Morgan fingerprint density at radius 2 is 1.44 bits per heavy atom. The molecule has 3 rings (SSSR count). The van der Waals surface area contributed by atoms with E-state index in [9.17, 15) is 8.42 Å². The number of hydrogen-bond acceptors (Lipinski definition) is 6. The number of hydrazone groups is 1. The highest BCUT2D eigenvalue weighted by atomic mass is 32.2. The molecule has 0 aliphatic heterocycles. The van der Waals surface area contributed by atoms with Crippen molar-refractivity contribution in [3.8, 4) is 17.6 Å². The van der Waals surface area contributed by atoms with E-state index in [1.807, 2.05) is 45.0 Å². The van der Waals surface area contributed by atoms with Gasteiger partial charge in [0.2, 0.25) is 0 Å². The minimum atomic E-state index is -3.76. The zero-order valence-electron chi connectivity index (χ0n) is 19.4. The molecule has 0 aliphatic rings. The first kappa shape index (κ1) is 24.8. The van der Waals surface area contributed by atoms with Gasteiger partial charge >= 0.3 is 0 Å². The summed E-state index contributed by atoms with van der Waals surface area (Å²) < 4.78 is 36.5. The number of nitrogens with zero attached hydrogens (tertiary/aromatic N) is 2. The molecule has 0 aromatic heterocycles. The fraction of sp³-hybridized carbons (Fsp3) is 0.231. The van der Waals surface area contributed by atoms with Gasteiger partial charge in [-0.3, -0.25) is 0 Å². The minimum absolute atomic E-state index is 0.00620. The standard InChI is InChI=1S/C26H27N3O4S/c1-19(2)26(28-29-34(30,31)25-14-4-20(3)5-15-25)22-8-12-24(13-9-22)33-17-16-32-23-10-6-21(18-27)7-11-23/h4-15,19,29H,16-17H2,1-3H3. The van der Waals surface area contributed by atoms with Gasteiger partial charge in [-0.1, -0.05) is 31.5 Å². The Balaban J connectivity index is 1.59. The maximum atomic E-state index is 12.6. The number of sulfonamides is 1. The smallest absolute Gasteiger partial charge is 0.276 e. The van der Waals surface area contributed by atoms with Gasteiger partial charge in [0.1, 0.15) is 24.7 Å². The van der Waals surface area contributed by atoms with Gasteiger partial charge in [-0.2, -0.15) is 23.6 Å². The summed E-state index contributed by atoms with van der Waals surface area (Å²) >= 11 is 0.